The van der Waals surface area contributed by atoms with Gasteiger partial charge < -0.3 is 5.73 Å². The second-order valence-electron chi connectivity index (χ2n) is 6.52. The Hall–Kier alpha value is -1.09. The number of likely N-dealkylation sites (tertiary alicyclic amines) is 1. The first-order chi connectivity index (χ1) is 10.1. The molecule has 2 aromatic carbocycles. The minimum atomic E-state index is 0. The second kappa shape index (κ2) is 7.45. The summed E-state index contributed by atoms with van der Waals surface area (Å²) in [7, 11) is 0. The molecule has 1 aliphatic heterocycles. The zero-order chi connectivity index (χ0) is 14.8. The van der Waals surface area contributed by atoms with Crippen LogP contribution in [0, 0.1) is 5.92 Å². The maximum Gasteiger partial charge on any atom is 0.0320 e. The van der Waals surface area contributed by atoms with Crippen molar-refractivity contribution in [3.05, 3.63) is 48.0 Å². The summed E-state index contributed by atoms with van der Waals surface area (Å²) in [6, 6.07) is 16.3. The standard InChI is InChI=1S/C19H26N2.ClH/c1-14(20)16-9-11-21(12-10-16)15(2)18-8-7-17-5-3-4-6-19(17)13-18;/h3-8,13-16H,9-12,20H2,1-2H3;1H. The molecule has 0 bridgehead atoms. The van der Waals surface area contributed by atoms with E-state index in [2.05, 4.69) is 61.2 Å². The highest BCUT2D eigenvalue weighted by molar-refractivity contribution is 5.85. The molecule has 1 saturated heterocycles. The van der Waals surface area contributed by atoms with E-state index in [0.717, 1.165) is 0 Å². The average molecular weight is 319 g/mol. The van der Waals surface area contributed by atoms with E-state index in [0.29, 0.717) is 18.0 Å². The van der Waals surface area contributed by atoms with Gasteiger partial charge in [0, 0.05) is 12.1 Å². The van der Waals surface area contributed by atoms with Gasteiger partial charge in [-0.3, -0.25) is 4.90 Å². The molecule has 2 nitrogen and oxygen atoms in total. The van der Waals surface area contributed by atoms with Gasteiger partial charge in [0.25, 0.3) is 0 Å². The van der Waals surface area contributed by atoms with Crippen LogP contribution < -0.4 is 5.73 Å². The highest BCUT2D eigenvalue weighted by Crippen LogP contribution is 2.29. The minimum Gasteiger partial charge on any atom is -0.328 e. The normalized spacial score (nSPS) is 19.6. The molecule has 0 aromatic heterocycles. The van der Waals surface area contributed by atoms with Crippen molar-refractivity contribution in [1.82, 2.24) is 4.90 Å². The van der Waals surface area contributed by atoms with Gasteiger partial charge in [0.2, 0.25) is 0 Å². The van der Waals surface area contributed by atoms with Crippen LogP contribution in [0.4, 0.5) is 0 Å². The summed E-state index contributed by atoms with van der Waals surface area (Å²) in [6.07, 6.45) is 2.46. The van der Waals surface area contributed by atoms with Crippen LogP contribution in [0.25, 0.3) is 10.8 Å². The third-order valence-corrected chi connectivity index (χ3v) is 5.12. The topological polar surface area (TPSA) is 29.3 Å². The number of rotatable bonds is 3. The molecule has 0 radical (unpaired) electrons. The molecule has 2 N–H and O–H groups in total. The molecule has 3 rings (SSSR count). The number of fused-ring (bicyclic) bond motifs is 1. The van der Waals surface area contributed by atoms with E-state index in [1.54, 1.807) is 0 Å². The third-order valence-electron chi connectivity index (χ3n) is 5.12. The number of benzene rings is 2. The molecule has 22 heavy (non-hydrogen) atoms. The van der Waals surface area contributed by atoms with Gasteiger partial charge in [-0.15, -0.1) is 12.4 Å². The molecule has 0 saturated carbocycles. The Kier molecular flexibility index (Phi) is 5.85. The van der Waals surface area contributed by atoms with Gasteiger partial charge in [-0.25, -0.2) is 0 Å². The molecule has 2 aromatic rings. The minimum absolute atomic E-state index is 0. The summed E-state index contributed by atoms with van der Waals surface area (Å²) in [5, 5.41) is 2.66. The maximum atomic E-state index is 6.04. The van der Waals surface area contributed by atoms with Crippen LogP contribution in [0.15, 0.2) is 42.5 Å². The Morgan fingerprint density at radius 1 is 1.00 bits per heavy atom. The predicted molar refractivity (Wildman–Crippen MR) is 97.6 cm³/mol. The molecule has 2 atom stereocenters. The van der Waals surface area contributed by atoms with Crippen LogP contribution >= 0.6 is 12.4 Å². The fourth-order valence-corrected chi connectivity index (χ4v) is 3.51. The van der Waals surface area contributed by atoms with Crippen molar-refractivity contribution in [2.45, 2.75) is 38.8 Å². The Labute approximate surface area is 140 Å². The van der Waals surface area contributed by atoms with E-state index >= 15 is 0 Å². The summed E-state index contributed by atoms with van der Waals surface area (Å²) < 4.78 is 0. The van der Waals surface area contributed by atoms with Crippen molar-refractivity contribution < 1.29 is 0 Å². The number of nitrogens with two attached hydrogens (primary N) is 1. The number of hydrogen-bond donors (Lipinski definition) is 1. The molecule has 0 aliphatic carbocycles. The molecular weight excluding hydrogens is 292 g/mol. The maximum absolute atomic E-state index is 6.04. The van der Waals surface area contributed by atoms with Gasteiger partial charge in [0.15, 0.2) is 0 Å². The van der Waals surface area contributed by atoms with Crippen molar-refractivity contribution >= 4 is 23.2 Å². The number of halogens is 1. The lowest BCUT2D eigenvalue weighted by molar-refractivity contribution is 0.132. The first kappa shape index (κ1) is 17.3. The van der Waals surface area contributed by atoms with Crippen LogP contribution in [0.3, 0.4) is 0 Å². The van der Waals surface area contributed by atoms with Gasteiger partial charge in [0.05, 0.1) is 0 Å². The number of nitrogens with zero attached hydrogens (tertiary/aromatic N) is 1. The molecule has 2 unspecified atom stereocenters. The van der Waals surface area contributed by atoms with Gasteiger partial charge in [-0.05, 0) is 68.1 Å². The monoisotopic (exact) mass is 318 g/mol. The average Bonchev–Trinajstić information content (AvgIpc) is 2.54. The lowest BCUT2D eigenvalue weighted by atomic mass is 9.89. The van der Waals surface area contributed by atoms with Crippen molar-refractivity contribution in [2.75, 3.05) is 13.1 Å². The first-order valence-electron chi connectivity index (χ1n) is 8.13. The Morgan fingerprint density at radius 2 is 1.64 bits per heavy atom. The highest BCUT2D eigenvalue weighted by atomic mass is 35.5. The van der Waals surface area contributed by atoms with E-state index < -0.39 is 0 Å². The largest absolute Gasteiger partial charge is 0.328 e. The van der Waals surface area contributed by atoms with E-state index in [4.69, 9.17) is 5.73 Å². The summed E-state index contributed by atoms with van der Waals surface area (Å²) >= 11 is 0. The molecule has 0 spiro atoms. The fraction of sp³-hybridized carbons (Fsp3) is 0.474. The quantitative estimate of drug-likeness (QED) is 0.910. The molecule has 1 aliphatic rings. The Morgan fingerprint density at radius 3 is 2.27 bits per heavy atom. The molecule has 120 valence electrons. The van der Waals surface area contributed by atoms with Crippen molar-refractivity contribution in [2.24, 2.45) is 11.7 Å². The smallest absolute Gasteiger partial charge is 0.0320 e. The van der Waals surface area contributed by atoms with Gasteiger partial charge in [0.1, 0.15) is 0 Å². The first-order valence-corrected chi connectivity index (χ1v) is 8.13. The van der Waals surface area contributed by atoms with Crippen molar-refractivity contribution in [3.8, 4) is 0 Å². The lowest BCUT2D eigenvalue weighted by Crippen LogP contribution is -2.40. The van der Waals surface area contributed by atoms with E-state index in [-0.39, 0.29) is 12.4 Å². The Balaban J connectivity index is 0.00000176. The van der Waals surface area contributed by atoms with Crippen LogP contribution in [-0.4, -0.2) is 24.0 Å². The SMILES string of the molecule is CC(N)C1CCN(C(C)c2ccc3ccccc3c2)CC1.Cl. The molecule has 0 amide bonds. The van der Waals surface area contributed by atoms with Crippen molar-refractivity contribution in [1.29, 1.82) is 0 Å². The summed E-state index contributed by atoms with van der Waals surface area (Å²) in [5.74, 6) is 0.699. The van der Waals surface area contributed by atoms with Crippen LogP contribution in [0.1, 0.15) is 38.3 Å². The number of hydrogen-bond acceptors (Lipinski definition) is 2. The van der Waals surface area contributed by atoms with Crippen molar-refractivity contribution in [3.63, 3.8) is 0 Å². The third kappa shape index (κ3) is 3.62. The van der Waals surface area contributed by atoms with E-state index in [9.17, 15) is 0 Å². The van der Waals surface area contributed by atoms with E-state index in [1.807, 2.05) is 0 Å². The zero-order valence-electron chi connectivity index (χ0n) is 13.5. The number of piperidine rings is 1. The predicted octanol–water partition coefficient (Wildman–Crippen LogP) is 4.38. The van der Waals surface area contributed by atoms with E-state index in [1.165, 1.54) is 42.3 Å². The molecule has 3 heteroatoms. The lowest BCUT2D eigenvalue weighted by Gasteiger charge is -2.37. The second-order valence-corrected chi connectivity index (χ2v) is 6.52. The Bertz CT molecular complexity index is 603. The summed E-state index contributed by atoms with van der Waals surface area (Å²) in [4.78, 5) is 2.60. The van der Waals surface area contributed by atoms with Gasteiger partial charge in [-0.2, -0.15) is 0 Å². The fourth-order valence-electron chi connectivity index (χ4n) is 3.51. The van der Waals surface area contributed by atoms with Crippen LogP contribution in [0.5, 0.6) is 0 Å². The van der Waals surface area contributed by atoms with Crippen LogP contribution in [-0.2, 0) is 0 Å². The molecular formula is C19H27ClN2. The molecule has 1 fully saturated rings. The van der Waals surface area contributed by atoms with Gasteiger partial charge in [-0.1, -0.05) is 36.4 Å². The van der Waals surface area contributed by atoms with Crippen LogP contribution in [0.2, 0.25) is 0 Å². The summed E-state index contributed by atoms with van der Waals surface area (Å²) in [6.45, 7) is 6.81. The van der Waals surface area contributed by atoms with Gasteiger partial charge >= 0.3 is 0 Å². The molecule has 1 heterocycles. The summed E-state index contributed by atoms with van der Waals surface area (Å²) in [5.41, 5.74) is 7.47. The zero-order valence-corrected chi connectivity index (χ0v) is 14.4. The highest BCUT2D eigenvalue weighted by Gasteiger charge is 2.25.